The van der Waals surface area contributed by atoms with Gasteiger partial charge in [0.05, 0.1) is 12.2 Å². The summed E-state index contributed by atoms with van der Waals surface area (Å²) < 4.78 is 0. The first-order valence-corrected chi connectivity index (χ1v) is 3.20. The first-order valence-electron chi connectivity index (χ1n) is 3.20. The molecule has 0 radical (unpaired) electrons. The number of carbonyl (C=O) groups is 1. The lowest BCUT2D eigenvalue weighted by atomic mass is 10.2. The molecule has 60 valence electrons. The van der Waals surface area contributed by atoms with Crippen LogP contribution in [0.25, 0.3) is 0 Å². The molecule has 0 aliphatic carbocycles. The van der Waals surface area contributed by atoms with Crippen LogP contribution in [0, 0.1) is 0 Å². The van der Waals surface area contributed by atoms with Gasteiger partial charge < -0.3 is 15.3 Å². The Balaban J connectivity index is 2.87. The third-order valence-electron chi connectivity index (χ3n) is 1.50. The Morgan fingerprint density at radius 3 is 3.00 bits per heavy atom. The summed E-state index contributed by atoms with van der Waals surface area (Å²) in [5.41, 5.74) is 0.347. The highest BCUT2D eigenvalue weighted by molar-refractivity contribution is 5.95. The van der Waals surface area contributed by atoms with Crippen LogP contribution in [0.2, 0.25) is 0 Å². The Morgan fingerprint density at radius 1 is 1.82 bits per heavy atom. The largest absolute Gasteiger partial charge is 0.391 e. The summed E-state index contributed by atoms with van der Waals surface area (Å²) in [5, 5.41) is 11.2. The zero-order valence-electron chi connectivity index (χ0n) is 6.29. The van der Waals surface area contributed by atoms with Crippen LogP contribution in [-0.2, 0) is 4.79 Å². The third kappa shape index (κ3) is 1.40. The highest BCUT2D eigenvalue weighted by atomic mass is 16.3. The van der Waals surface area contributed by atoms with Gasteiger partial charge in [-0.1, -0.05) is 6.58 Å². The van der Waals surface area contributed by atoms with Crippen molar-refractivity contribution in [1.82, 2.24) is 10.2 Å². The van der Waals surface area contributed by atoms with Crippen molar-refractivity contribution in [2.45, 2.75) is 0 Å². The van der Waals surface area contributed by atoms with Crippen LogP contribution in [0.4, 0.5) is 0 Å². The number of amides is 1. The molecule has 2 N–H and O–H groups in total. The van der Waals surface area contributed by atoms with Gasteiger partial charge in [-0.2, -0.15) is 0 Å². The van der Waals surface area contributed by atoms with E-state index in [-0.39, 0.29) is 12.5 Å². The molecule has 0 aromatic carbocycles. The second-order valence-electron chi connectivity index (χ2n) is 2.32. The molecule has 0 fully saturated rings. The summed E-state index contributed by atoms with van der Waals surface area (Å²) in [7, 11) is 1.75. The summed E-state index contributed by atoms with van der Waals surface area (Å²) >= 11 is 0. The molecule has 1 amide bonds. The van der Waals surface area contributed by atoms with Crippen LogP contribution < -0.4 is 5.32 Å². The topological polar surface area (TPSA) is 52.6 Å². The smallest absolute Gasteiger partial charge is 0.256 e. The first kappa shape index (κ1) is 7.81. The summed E-state index contributed by atoms with van der Waals surface area (Å²) in [6.07, 6.45) is 1.56. The molecule has 0 unspecified atom stereocenters. The van der Waals surface area contributed by atoms with E-state index < -0.39 is 0 Å². The second-order valence-corrected chi connectivity index (χ2v) is 2.32. The molecule has 11 heavy (non-hydrogen) atoms. The second kappa shape index (κ2) is 2.75. The highest BCUT2D eigenvalue weighted by Crippen LogP contribution is 2.07. The van der Waals surface area contributed by atoms with E-state index in [1.807, 2.05) is 0 Å². The Morgan fingerprint density at radius 2 is 2.45 bits per heavy atom. The van der Waals surface area contributed by atoms with Crippen LogP contribution in [-0.4, -0.2) is 29.6 Å². The highest BCUT2D eigenvalue weighted by Gasteiger charge is 2.16. The van der Waals surface area contributed by atoms with Crippen molar-refractivity contribution in [3.05, 3.63) is 24.2 Å². The molecular weight excluding hydrogens is 144 g/mol. The zero-order chi connectivity index (χ0) is 8.43. The van der Waals surface area contributed by atoms with Crippen molar-refractivity contribution in [2.75, 3.05) is 13.7 Å². The van der Waals surface area contributed by atoms with Crippen molar-refractivity contribution in [3.63, 3.8) is 0 Å². The van der Waals surface area contributed by atoms with E-state index in [9.17, 15) is 4.79 Å². The molecule has 1 aliphatic heterocycles. The SMILES string of the molecule is C=C1NC(=O)C(CO)=CN1C. The van der Waals surface area contributed by atoms with Gasteiger partial charge in [-0.05, 0) is 0 Å². The maximum atomic E-state index is 11.0. The first-order chi connectivity index (χ1) is 5.15. The van der Waals surface area contributed by atoms with Gasteiger partial charge in [0.1, 0.15) is 5.82 Å². The Labute approximate surface area is 64.8 Å². The van der Waals surface area contributed by atoms with Gasteiger partial charge in [0.2, 0.25) is 0 Å². The molecular formula is C7H10N2O2. The molecule has 1 aliphatic rings. The van der Waals surface area contributed by atoms with E-state index in [2.05, 4.69) is 11.9 Å². The summed E-state index contributed by atoms with van der Waals surface area (Å²) in [6, 6.07) is 0. The van der Waals surface area contributed by atoms with Crippen molar-refractivity contribution < 1.29 is 9.90 Å². The molecule has 0 aromatic rings. The van der Waals surface area contributed by atoms with Crippen LogP contribution in [0.15, 0.2) is 24.2 Å². The summed E-state index contributed by atoms with van der Waals surface area (Å²) in [5.74, 6) is 0.239. The van der Waals surface area contributed by atoms with Gasteiger partial charge in [-0.25, -0.2) is 0 Å². The molecule has 0 aromatic heterocycles. The van der Waals surface area contributed by atoms with Crippen LogP contribution >= 0.6 is 0 Å². The van der Waals surface area contributed by atoms with Gasteiger partial charge in [0.15, 0.2) is 0 Å². The van der Waals surface area contributed by atoms with Gasteiger partial charge in [0, 0.05) is 13.2 Å². The number of hydrogen-bond donors (Lipinski definition) is 2. The third-order valence-corrected chi connectivity index (χ3v) is 1.50. The van der Waals surface area contributed by atoms with Crippen LogP contribution in [0.5, 0.6) is 0 Å². The minimum absolute atomic E-state index is 0.247. The fourth-order valence-corrected chi connectivity index (χ4v) is 0.782. The average Bonchev–Trinajstić information content (AvgIpc) is 1.97. The minimum atomic E-state index is -0.282. The van der Waals surface area contributed by atoms with Crippen molar-refractivity contribution >= 4 is 5.91 Å². The zero-order valence-corrected chi connectivity index (χ0v) is 6.29. The standard InChI is InChI=1S/C7H10N2O2/c1-5-8-7(11)6(4-10)3-9(5)2/h3,10H,1,4H2,2H3,(H,8,11). The van der Waals surface area contributed by atoms with Crippen LogP contribution in [0.3, 0.4) is 0 Å². The Bertz CT molecular complexity index is 233. The molecule has 0 saturated heterocycles. The number of rotatable bonds is 1. The molecule has 0 bridgehead atoms. The number of aliphatic hydroxyl groups is 1. The Hall–Kier alpha value is -1.29. The van der Waals surface area contributed by atoms with E-state index in [1.165, 1.54) is 0 Å². The molecule has 4 nitrogen and oxygen atoms in total. The number of nitrogens with zero attached hydrogens (tertiary/aromatic N) is 1. The number of carbonyl (C=O) groups excluding carboxylic acids is 1. The predicted molar refractivity (Wildman–Crippen MR) is 40.2 cm³/mol. The quantitative estimate of drug-likeness (QED) is 0.530. The maximum Gasteiger partial charge on any atom is 0.256 e. The fraction of sp³-hybridized carbons (Fsp3) is 0.286. The average molecular weight is 154 g/mol. The molecule has 1 rings (SSSR count). The summed E-state index contributed by atoms with van der Waals surface area (Å²) in [6.45, 7) is 3.34. The number of hydrogen-bond acceptors (Lipinski definition) is 3. The molecule has 0 saturated carbocycles. The lowest BCUT2D eigenvalue weighted by molar-refractivity contribution is -0.118. The van der Waals surface area contributed by atoms with E-state index in [0.717, 1.165) is 0 Å². The van der Waals surface area contributed by atoms with Gasteiger partial charge in [0.25, 0.3) is 5.91 Å². The van der Waals surface area contributed by atoms with E-state index in [0.29, 0.717) is 11.4 Å². The molecule has 4 heteroatoms. The molecule has 0 atom stereocenters. The lowest BCUT2D eigenvalue weighted by Gasteiger charge is -2.24. The number of aliphatic hydroxyl groups excluding tert-OH is 1. The molecule has 1 heterocycles. The number of nitrogens with one attached hydrogen (secondary N) is 1. The fourth-order valence-electron chi connectivity index (χ4n) is 0.782. The minimum Gasteiger partial charge on any atom is -0.391 e. The molecule has 0 spiro atoms. The normalized spacial score (nSPS) is 18.0. The van der Waals surface area contributed by atoms with Gasteiger partial charge in [-0.3, -0.25) is 4.79 Å². The lowest BCUT2D eigenvalue weighted by Crippen LogP contribution is -2.37. The Kier molecular flexibility index (Phi) is 1.96. The van der Waals surface area contributed by atoms with E-state index in [4.69, 9.17) is 5.11 Å². The van der Waals surface area contributed by atoms with Gasteiger partial charge >= 0.3 is 0 Å². The van der Waals surface area contributed by atoms with Gasteiger partial charge in [-0.15, -0.1) is 0 Å². The van der Waals surface area contributed by atoms with Crippen molar-refractivity contribution in [3.8, 4) is 0 Å². The van der Waals surface area contributed by atoms with Crippen LogP contribution in [0.1, 0.15) is 0 Å². The monoisotopic (exact) mass is 154 g/mol. The van der Waals surface area contributed by atoms with E-state index in [1.54, 1.807) is 18.1 Å². The van der Waals surface area contributed by atoms with E-state index >= 15 is 0 Å². The predicted octanol–water partition coefficient (Wildman–Crippen LogP) is -0.605. The maximum absolute atomic E-state index is 11.0. The van der Waals surface area contributed by atoms with Crippen molar-refractivity contribution in [2.24, 2.45) is 0 Å². The van der Waals surface area contributed by atoms with Crippen molar-refractivity contribution in [1.29, 1.82) is 0 Å². The summed E-state index contributed by atoms with van der Waals surface area (Å²) in [4.78, 5) is 12.6.